The minimum atomic E-state index is -0.307. The van der Waals surface area contributed by atoms with Crippen LogP contribution in [0.2, 0.25) is 0 Å². The lowest BCUT2D eigenvalue weighted by molar-refractivity contribution is 0.0863. The van der Waals surface area contributed by atoms with Gasteiger partial charge in [0.15, 0.2) is 5.78 Å². The number of rotatable bonds is 2. The molecule has 88 valence electrons. The molecule has 1 nitrogen and oxygen atoms in total. The molecule has 0 N–H and O–H groups in total. The monoisotopic (exact) mass is 244 g/mol. The molecule has 0 atom stereocenters. The first-order valence-electron chi connectivity index (χ1n) is 5.68. The first-order chi connectivity index (χ1) is 7.98. The Morgan fingerprint density at radius 2 is 1.65 bits per heavy atom. The van der Waals surface area contributed by atoms with Gasteiger partial charge in [0.2, 0.25) is 0 Å². The Morgan fingerprint density at radius 1 is 1.00 bits per heavy atom. The maximum Gasteiger partial charge on any atom is 0.178 e. The largest absolute Gasteiger partial charge is 0.293 e. The molecule has 0 bridgehead atoms. The summed E-state index contributed by atoms with van der Waals surface area (Å²) in [5, 5.41) is 0. The van der Waals surface area contributed by atoms with Crippen molar-refractivity contribution in [2.24, 2.45) is 5.41 Å². The molecule has 0 aliphatic carbocycles. The van der Waals surface area contributed by atoms with E-state index in [9.17, 15) is 4.79 Å². The van der Waals surface area contributed by atoms with Gasteiger partial charge in [-0.2, -0.15) is 0 Å². The topological polar surface area (TPSA) is 17.1 Å². The van der Waals surface area contributed by atoms with E-state index >= 15 is 0 Å². The van der Waals surface area contributed by atoms with Gasteiger partial charge in [-0.1, -0.05) is 51.1 Å². The van der Waals surface area contributed by atoms with Crippen LogP contribution in [0.15, 0.2) is 42.5 Å². The summed E-state index contributed by atoms with van der Waals surface area (Å²) in [7, 11) is 0. The molecule has 2 heteroatoms. The van der Waals surface area contributed by atoms with Crippen LogP contribution in [0.3, 0.4) is 0 Å². The van der Waals surface area contributed by atoms with Crippen LogP contribution in [0.25, 0.3) is 10.4 Å². The average Bonchev–Trinajstić information content (AvgIpc) is 2.77. The smallest absolute Gasteiger partial charge is 0.178 e. The van der Waals surface area contributed by atoms with Crippen LogP contribution in [0.4, 0.5) is 0 Å². The number of benzene rings is 1. The lowest BCUT2D eigenvalue weighted by Crippen LogP contribution is -2.18. The van der Waals surface area contributed by atoms with E-state index in [1.807, 2.05) is 51.1 Å². The van der Waals surface area contributed by atoms with E-state index in [1.54, 1.807) is 11.3 Å². The van der Waals surface area contributed by atoms with Crippen LogP contribution in [-0.2, 0) is 0 Å². The van der Waals surface area contributed by atoms with Crippen LogP contribution in [-0.4, -0.2) is 5.78 Å². The van der Waals surface area contributed by atoms with Gasteiger partial charge in [-0.25, -0.2) is 0 Å². The van der Waals surface area contributed by atoms with E-state index in [2.05, 4.69) is 12.1 Å². The van der Waals surface area contributed by atoms with Gasteiger partial charge in [-0.3, -0.25) is 4.79 Å². The van der Waals surface area contributed by atoms with Gasteiger partial charge in [0.05, 0.1) is 4.88 Å². The van der Waals surface area contributed by atoms with E-state index in [-0.39, 0.29) is 11.2 Å². The van der Waals surface area contributed by atoms with Gasteiger partial charge in [0.25, 0.3) is 0 Å². The number of carbonyl (C=O) groups excluding carboxylic acids is 1. The normalized spacial score (nSPS) is 11.5. The fourth-order valence-electron chi connectivity index (χ4n) is 1.59. The molecule has 0 radical (unpaired) electrons. The molecule has 1 aromatic carbocycles. The van der Waals surface area contributed by atoms with Crippen LogP contribution < -0.4 is 0 Å². The third-order valence-electron chi connectivity index (χ3n) is 2.57. The summed E-state index contributed by atoms with van der Waals surface area (Å²) in [6, 6.07) is 14.1. The molecule has 0 spiro atoms. The van der Waals surface area contributed by atoms with Crippen molar-refractivity contribution in [1.82, 2.24) is 0 Å². The highest BCUT2D eigenvalue weighted by molar-refractivity contribution is 7.17. The average molecular weight is 244 g/mol. The molecule has 0 saturated heterocycles. The predicted octanol–water partition coefficient (Wildman–Crippen LogP) is 4.64. The number of ketones is 1. The number of hydrogen-bond acceptors (Lipinski definition) is 2. The molecular formula is C15H16OS. The van der Waals surface area contributed by atoms with Gasteiger partial charge in [-0.05, 0) is 17.7 Å². The summed E-state index contributed by atoms with van der Waals surface area (Å²) in [6.45, 7) is 5.87. The first-order valence-corrected chi connectivity index (χ1v) is 6.50. The summed E-state index contributed by atoms with van der Waals surface area (Å²) in [5.41, 5.74) is 0.865. The van der Waals surface area contributed by atoms with E-state index in [0.29, 0.717) is 0 Å². The fourth-order valence-corrected chi connectivity index (χ4v) is 2.75. The lowest BCUT2D eigenvalue weighted by atomic mass is 9.90. The van der Waals surface area contributed by atoms with Crippen LogP contribution in [0, 0.1) is 5.41 Å². The first kappa shape index (κ1) is 12.1. The van der Waals surface area contributed by atoms with Crippen molar-refractivity contribution in [1.29, 1.82) is 0 Å². The minimum absolute atomic E-state index is 0.213. The Morgan fingerprint density at radius 3 is 2.24 bits per heavy atom. The summed E-state index contributed by atoms with van der Waals surface area (Å²) in [4.78, 5) is 14.1. The Hall–Kier alpha value is -1.41. The maximum atomic E-state index is 12.1. The van der Waals surface area contributed by atoms with Crippen LogP contribution in [0.5, 0.6) is 0 Å². The Labute approximate surface area is 106 Å². The second-order valence-electron chi connectivity index (χ2n) is 5.11. The van der Waals surface area contributed by atoms with Gasteiger partial charge in [0, 0.05) is 10.3 Å². The number of Topliss-reactive ketones (excluding diaryl/α,β-unsaturated/α-hetero) is 1. The molecule has 0 amide bonds. The molecule has 0 saturated carbocycles. The van der Waals surface area contributed by atoms with E-state index < -0.39 is 0 Å². The van der Waals surface area contributed by atoms with Crippen molar-refractivity contribution in [3.05, 3.63) is 47.3 Å². The highest BCUT2D eigenvalue weighted by Crippen LogP contribution is 2.31. The summed E-state index contributed by atoms with van der Waals surface area (Å²) < 4.78 is 0. The molecule has 2 aromatic rings. The van der Waals surface area contributed by atoms with Gasteiger partial charge < -0.3 is 0 Å². The fraction of sp³-hybridized carbons (Fsp3) is 0.267. The van der Waals surface area contributed by atoms with Crippen molar-refractivity contribution in [3.8, 4) is 10.4 Å². The molecule has 17 heavy (non-hydrogen) atoms. The number of carbonyl (C=O) groups is 1. The van der Waals surface area contributed by atoms with E-state index in [1.165, 1.54) is 5.56 Å². The van der Waals surface area contributed by atoms with Crippen molar-refractivity contribution in [2.45, 2.75) is 20.8 Å². The SMILES string of the molecule is CC(C)(C)C(=O)c1ccc(-c2ccccc2)s1. The van der Waals surface area contributed by atoms with Gasteiger partial charge >= 0.3 is 0 Å². The Bertz CT molecular complexity index is 517. The summed E-state index contributed by atoms with van der Waals surface area (Å²) in [6.07, 6.45) is 0. The molecule has 0 aliphatic rings. The molecule has 1 heterocycles. The molecule has 0 aliphatic heterocycles. The maximum absolute atomic E-state index is 12.1. The van der Waals surface area contributed by atoms with Crippen molar-refractivity contribution < 1.29 is 4.79 Å². The van der Waals surface area contributed by atoms with E-state index in [0.717, 1.165) is 9.75 Å². The third kappa shape index (κ3) is 2.64. The number of thiophene rings is 1. The quantitative estimate of drug-likeness (QED) is 0.703. The van der Waals surface area contributed by atoms with Crippen LogP contribution in [0.1, 0.15) is 30.4 Å². The molecule has 0 unspecified atom stereocenters. The second kappa shape index (κ2) is 4.46. The molecular weight excluding hydrogens is 228 g/mol. The highest BCUT2D eigenvalue weighted by Gasteiger charge is 2.24. The zero-order valence-electron chi connectivity index (χ0n) is 10.4. The zero-order valence-corrected chi connectivity index (χ0v) is 11.2. The van der Waals surface area contributed by atoms with Gasteiger partial charge in [-0.15, -0.1) is 11.3 Å². The summed E-state index contributed by atoms with van der Waals surface area (Å²) >= 11 is 1.57. The predicted molar refractivity (Wildman–Crippen MR) is 73.5 cm³/mol. The number of hydrogen-bond donors (Lipinski definition) is 0. The van der Waals surface area contributed by atoms with Crippen LogP contribution >= 0.6 is 11.3 Å². The Balaban J connectivity index is 2.32. The minimum Gasteiger partial charge on any atom is -0.293 e. The van der Waals surface area contributed by atoms with Crippen molar-refractivity contribution in [2.75, 3.05) is 0 Å². The molecule has 1 aromatic heterocycles. The molecule has 2 rings (SSSR count). The lowest BCUT2D eigenvalue weighted by Gasteiger charge is -2.14. The second-order valence-corrected chi connectivity index (χ2v) is 6.19. The summed E-state index contributed by atoms with van der Waals surface area (Å²) in [5.74, 6) is 0.213. The standard InChI is InChI=1S/C15H16OS/c1-15(2,3)14(16)13-10-9-12(17-13)11-7-5-4-6-8-11/h4-10H,1-3H3. The van der Waals surface area contributed by atoms with Crippen molar-refractivity contribution >= 4 is 17.1 Å². The van der Waals surface area contributed by atoms with Gasteiger partial charge in [0.1, 0.15) is 0 Å². The van der Waals surface area contributed by atoms with E-state index in [4.69, 9.17) is 0 Å². The van der Waals surface area contributed by atoms with Crippen molar-refractivity contribution in [3.63, 3.8) is 0 Å². The highest BCUT2D eigenvalue weighted by atomic mass is 32.1. The molecule has 0 fully saturated rings. The zero-order chi connectivity index (χ0) is 12.5. The Kier molecular flexibility index (Phi) is 3.16. The third-order valence-corrected chi connectivity index (χ3v) is 3.70.